The molecule has 0 atom stereocenters. The number of carboxylic acids is 1. The summed E-state index contributed by atoms with van der Waals surface area (Å²) in [5.41, 5.74) is -0.0521. The van der Waals surface area contributed by atoms with Crippen molar-refractivity contribution >= 4 is 20.1 Å². The van der Waals surface area contributed by atoms with Crippen LogP contribution in [0.2, 0.25) is 18.1 Å². The SMILES string of the molecule is CC(C)(C)[Si](C)(C)OCCNc1nc(F)ccc1C(=O)O. The average Bonchev–Trinajstić information content (AvgIpc) is 2.33. The quantitative estimate of drug-likeness (QED) is 0.478. The van der Waals surface area contributed by atoms with Gasteiger partial charge in [-0.15, -0.1) is 0 Å². The molecule has 0 aliphatic heterocycles. The van der Waals surface area contributed by atoms with E-state index < -0.39 is 20.2 Å². The molecule has 0 radical (unpaired) electrons. The third kappa shape index (κ3) is 4.78. The topological polar surface area (TPSA) is 71.5 Å². The first-order valence-corrected chi connectivity index (χ1v) is 9.73. The van der Waals surface area contributed by atoms with Gasteiger partial charge in [0.1, 0.15) is 11.4 Å². The molecule has 21 heavy (non-hydrogen) atoms. The summed E-state index contributed by atoms with van der Waals surface area (Å²) in [6.07, 6.45) is 0. The highest BCUT2D eigenvalue weighted by Gasteiger charge is 2.36. The van der Waals surface area contributed by atoms with Gasteiger partial charge < -0.3 is 14.8 Å². The Bertz CT molecular complexity index is 515. The van der Waals surface area contributed by atoms with Crippen molar-refractivity contribution in [2.45, 2.75) is 38.9 Å². The van der Waals surface area contributed by atoms with Crippen molar-refractivity contribution in [3.63, 3.8) is 0 Å². The van der Waals surface area contributed by atoms with Crippen molar-refractivity contribution in [1.29, 1.82) is 0 Å². The van der Waals surface area contributed by atoms with Crippen molar-refractivity contribution < 1.29 is 18.7 Å². The molecule has 2 N–H and O–H groups in total. The number of carbonyl (C=O) groups is 1. The molecule has 1 aromatic rings. The summed E-state index contributed by atoms with van der Waals surface area (Å²) in [7, 11) is -1.84. The number of nitrogens with one attached hydrogen (secondary N) is 1. The molecule has 5 nitrogen and oxygen atoms in total. The van der Waals surface area contributed by atoms with Crippen molar-refractivity contribution in [3.05, 3.63) is 23.6 Å². The van der Waals surface area contributed by atoms with Gasteiger partial charge in [0.15, 0.2) is 8.32 Å². The van der Waals surface area contributed by atoms with Crippen LogP contribution in [0.1, 0.15) is 31.1 Å². The molecule has 0 saturated heterocycles. The van der Waals surface area contributed by atoms with Gasteiger partial charge in [0.2, 0.25) is 5.95 Å². The van der Waals surface area contributed by atoms with E-state index in [-0.39, 0.29) is 16.4 Å². The van der Waals surface area contributed by atoms with Gasteiger partial charge in [0, 0.05) is 6.54 Å². The minimum Gasteiger partial charge on any atom is -0.478 e. The average molecular weight is 314 g/mol. The van der Waals surface area contributed by atoms with Crippen molar-refractivity contribution in [1.82, 2.24) is 4.98 Å². The molecule has 0 aromatic carbocycles. The fourth-order valence-electron chi connectivity index (χ4n) is 1.43. The molecule has 0 aliphatic rings. The largest absolute Gasteiger partial charge is 0.478 e. The smallest absolute Gasteiger partial charge is 0.339 e. The summed E-state index contributed by atoms with van der Waals surface area (Å²) in [4.78, 5) is 14.6. The van der Waals surface area contributed by atoms with Crippen LogP contribution in [-0.4, -0.2) is 37.5 Å². The number of anilines is 1. The number of pyridine rings is 1. The predicted octanol–water partition coefficient (Wildman–Crippen LogP) is 3.35. The molecule has 1 aromatic heterocycles. The molecule has 7 heteroatoms. The number of hydrogen-bond acceptors (Lipinski definition) is 4. The van der Waals surface area contributed by atoms with E-state index >= 15 is 0 Å². The predicted molar refractivity (Wildman–Crippen MR) is 82.8 cm³/mol. The summed E-state index contributed by atoms with van der Waals surface area (Å²) in [5.74, 6) is -1.83. The summed E-state index contributed by atoms with van der Waals surface area (Å²) in [6.45, 7) is 11.5. The van der Waals surface area contributed by atoms with Crippen molar-refractivity contribution in [3.8, 4) is 0 Å². The van der Waals surface area contributed by atoms with Crippen LogP contribution in [0.4, 0.5) is 10.2 Å². The molecule has 0 amide bonds. The van der Waals surface area contributed by atoms with Gasteiger partial charge >= 0.3 is 5.97 Å². The molecule has 0 bridgehead atoms. The highest BCUT2D eigenvalue weighted by atomic mass is 28.4. The van der Waals surface area contributed by atoms with Gasteiger partial charge in [0.05, 0.1) is 6.61 Å². The number of halogens is 1. The van der Waals surface area contributed by atoms with E-state index in [0.717, 1.165) is 6.07 Å². The fourth-order valence-corrected chi connectivity index (χ4v) is 2.48. The molecular weight excluding hydrogens is 291 g/mol. The van der Waals surface area contributed by atoms with Crippen molar-refractivity contribution in [2.75, 3.05) is 18.5 Å². The lowest BCUT2D eigenvalue weighted by molar-refractivity contribution is 0.0697. The zero-order valence-corrected chi connectivity index (χ0v) is 14.2. The maximum Gasteiger partial charge on any atom is 0.339 e. The van der Waals surface area contributed by atoms with E-state index in [4.69, 9.17) is 9.53 Å². The van der Waals surface area contributed by atoms with E-state index in [1.165, 1.54) is 6.07 Å². The molecule has 0 spiro atoms. The van der Waals surface area contributed by atoms with Crippen LogP contribution in [0.3, 0.4) is 0 Å². The Morgan fingerprint density at radius 3 is 2.57 bits per heavy atom. The van der Waals surface area contributed by atoms with Crippen molar-refractivity contribution in [2.24, 2.45) is 0 Å². The molecule has 0 fully saturated rings. The zero-order valence-electron chi connectivity index (χ0n) is 13.2. The van der Waals surface area contributed by atoms with Gasteiger partial charge in [0.25, 0.3) is 0 Å². The third-order valence-corrected chi connectivity index (χ3v) is 8.29. The summed E-state index contributed by atoms with van der Waals surface area (Å²) in [6, 6.07) is 2.22. The molecule has 0 saturated carbocycles. The number of carboxylic acid groups (broad SMARTS) is 1. The second-order valence-corrected chi connectivity index (χ2v) is 11.2. The third-order valence-electron chi connectivity index (χ3n) is 3.76. The molecule has 118 valence electrons. The molecule has 1 heterocycles. The van der Waals surface area contributed by atoms with Gasteiger partial charge in [-0.2, -0.15) is 4.39 Å². The lowest BCUT2D eigenvalue weighted by Crippen LogP contribution is -2.41. The fraction of sp³-hybridized carbons (Fsp3) is 0.571. The first-order valence-electron chi connectivity index (χ1n) is 6.82. The maximum absolute atomic E-state index is 13.1. The Morgan fingerprint density at radius 2 is 2.05 bits per heavy atom. The van der Waals surface area contributed by atoms with E-state index in [2.05, 4.69) is 44.2 Å². The van der Waals surface area contributed by atoms with E-state index in [1.807, 2.05) is 0 Å². The van der Waals surface area contributed by atoms with Crippen LogP contribution in [-0.2, 0) is 4.43 Å². The minimum absolute atomic E-state index is 0.0290. The van der Waals surface area contributed by atoms with Gasteiger partial charge in [-0.05, 0) is 30.3 Å². The van der Waals surface area contributed by atoms with Gasteiger partial charge in [-0.3, -0.25) is 0 Å². The zero-order chi connectivity index (χ0) is 16.3. The highest BCUT2D eigenvalue weighted by Crippen LogP contribution is 2.36. The Morgan fingerprint density at radius 1 is 1.43 bits per heavy atom. The number of nitrogens with zero attached hydrogens (tertiary/aromatic N) is 1. The number of rotatable bonds is 6. The Balaban J connectivity index is 2.61. The highest BCUT2D eigenvalue weighted by molar-refractivity contribution is 6.74. The maximum atomic E-state index is 13.1. The monoisotopic (exact) mass is 314 g/mol. The summed E-state index contributed by atoms with van der Waals surface area (Å²) < 4.78 is 19.1. The first kappa shape index (κ1) is 17.6. The van der Waals surface area contributed by atoms with Crippen LogP contribution < -0.4 is 5.32 Å². The minimum atomic E-state index is -1.84. The second kappa shape index (κ2) is 6.53. The number of aromatic nitrogens is 1. The Hall–Kier alpha value is -1.47. The second-order valence-electron chi connectivity index (χ2n) is 6.37. The van der Waals surface area contributed by atoms with E-state index in [9.17, 15) is 9.18 Å². The van der Waals surface area contributed by atoms with Crippen LogP contribution >= 0.6 is 0 Å². The molecule has 0 unspecified atom stereocenters. The first-order chi connectivity index (χ1) is 9.54. The number of aromatic carboxylic acids is 1. The molecule has 1 rings (SSSR count). The lowest BCUT2D eigenvalue weighted by atomic mass is 10.2. The Labute approximate surface area is 125 Å². The van der Waals surface area contributed by atoms with E-state index in [0.29, 0.717) is 13.2 Å². The normalized spacial score (nSPS) is 12.3. The van der Waals surface area contributed by atoms with E-state index in [1.54, 1.807) is 0 Å². The van der Waals surface area contributed by atoms with Crippen LogP contribution in [0.15, 0.2) is 12.1 Å². The number of hydrogen-bond donors (Lipinski definition) is 2. The lowest BCUT2D eigenvalue weighted by Gasteiger charge is -2.36. The van der Waals surface area contributed by atoms with Crippen LogP contribution in [0.25, 0.3) is 0 Å². The van der Waals surface area contributed by atoms with Crippen LogP contribution in [0.5, 0.6) is 0 Å². The summed E-state index contributed by atoms with van der Waals surface area (Å²) >= 11 is 0. The molecular formula is C14H23FN2O3Si. The standard InChI is InChI=1S/C14H23FN2O3Si/c1-14(2,3)21(4,5)20-9-8-16-12-10(13(18)19)6-7-11(15)17-12/h6-7H,8-9H2,1-5H3,(H,16,17)(H,18,19). The Kier molecular flexibility index (Phi) is 5.46. The van der Waals surface area contributed by atoms with Crippen LogP contribution in [0, 0.1) is 5.95 Å². The molecule has 0 aliphatic carbocycles. The van der Waals surface area contributed by atoms with Gasteiger partial charge in [-0.25, -0.2) is 9.78 Å². The van der Waals surface area contributed by atoms with Gasteiger partial charge in [-0.1, -0.05) is 20.8 Å². The summed E-state index contributed by atoms with van der Waals surface area (Å²) in [5, 5.41) is 12.0.